The maximum absolute atomic E-state index is 9.17. The van der Waals surface area contributed by atoms with Gasteiger partial charge in [-0.1, -0.05) is 62.9 Å². The van der Waals surface area contributed by atoms with Crippen LogP contribution in [0, 0.1) is 17.2 Å². The van der Waals surface area contributed by atoms with Gasteiger partial charge in [0.15, 0.2) is 5.17 Å². The molecule has 0 N–H and O–H groups in total. The molecule has 1 fully saturated rings. The lowest BCUT2D eigenvalue weighted by atomic mass is 10.1. The maximum Gasteiger partial charge on any atom is 0.164 e. The van der Waals surface area contributed by atoms with E-state index in [0.29, 0.717) is 17.5 Å². The Morgan fingerprint density at radius 2 is 2.03 bits per heavy atom. The van der Waals surface area contributed by atoms with Gasteiger partial charge < -0.3 is 4.90 Å². The second-order valence-electron chi connectivity index (χ2n) is 7.71. The standard InChI is InChI=1S/C24H29N3S2/c1-4-21-12-20(13-25)10-11-23(21)26-24-27(14-18(2)3)22(17-29-24)16-28-15-19-8-6-5-7-9-19/h5-12,18,22H,4,14-17H2,1-3H3/t22-/m0/s1. The molecule has 2 aromatic rings. The minimum atomic E-state index is 0.512. The van der Waals surface area contributed by atoms with Gasteiger partial charge in [0.25, 0.3) is 0 Å². The molecule has 0 saturated carbocycles. The summed E-state index contributed by atoms with van der Waals surface area (Å²) in [6, 6.07) is 19.3. The molecule has 1 atom stereocenters. The first-order valence-corrected chi connectivity index (χ1v) is 12.4. The quantitative estimate of drug-likeness (QED) is 0.513. The van der Waals surface area contributed by atoms with Gasteiger partial charge in [0.1, 0.15) is 0 Å². The van der Waals surface area contributed by atoms with E-state index in [0.717, 1.165) is 46.6 Å². The van der Waals surface area contributed by atoms with Crippen molar-refractivity contribution in [1.82, 2.24) is 4.90 Å². The molecule has 2 aromatic carbocycles. The van der Waals surface area contributed by atoms with Crippen molar-refractivity contribution in [1.29, 1.82) is 5.26 Å². The Bertz CT molecular complexity index is 871. The Morgan fingerprint density at radius 3 is 2.72 bits per heavy atom. The fourth-order valence-corrected chi connectivity index (χ4v) is 5.85. The topological polar surface area (TPSA) is 39.4 Å². The predicted octanol–water partition coefficient (Wildman–Crippen LogP) is 6.11. The molecule has 0 amide bonds. The van der Waals surface area contributed by atoms with Crippen LogP contribution in [0.15, 0.2) is 53.5 Å². The fourth-order valence-electron chi connectivity index (χ4n) is 3.39. The van der Waals surface area contributed by atoms with E-state index in [9.17, 15) is 5.26 Å². The Kier molecular flexibility index (Phi) is 8.09. The monoisotopic (exact) mass is 423 g/mol. The van der Waals surface area contributed by atoms with Gasteiger partial charge >= 0.3 is 0 Å². The van der Waals surface area contributed by atoms with Gasteiger partial charge in [-0.2, -0.15) is 17.0 Å². The summed E-state index contributed by atoms with van der Waals surface area (Å²) >= 11 is 3.88. The number of thioether (sulfide) groups is 2. The van der Waals surface area contributed by atoms with E-state index in [4.69, 9.17) is 4.99 Å². The van der Waals surface area contributed by atoms with Crippen molar-refractivity contribution in [3.05, 3.63) is 65.2 Å². The average molecular weight is 424 g/mol. The van der Waals surface area contributed by atoms with Gasteiger partial charge in [-0.25, -0.2) is 4.99 Å². The number of hydrogen-bond acceptors (Lipinski definition) is 4. The smallest absolute Gasteiger partial charge is 0.164 e. The number of hydrogen-bond donors (Lipinski definition) is 0. The third kappa shape index (κ3) is 6.04. The van der Waals surface area contributed by atoms with Gasteiger partial charge in [0.2, 0.25) is 0 Å². The minimum absolute atomic E-state index is 0.512. The van der Waals surface area contributed by atoms with Crippen LogP contribution in [-0.2, 0) is 12.2 Å². The summed E-state index contributed by atoms with van der Waals surface area (Å²) in [6.07, 6.45) is 0.882. The van der Waals surface area contributed by atoms with Crippen molar-refractivity contribution in [2.24, 2.45) is 10.9 Å². The SMILES string of the molecule is CCc1cc(C#N)ccc1N=C1SC[C@H](CSCc2ccccc2)N1CC(C)C. The van der Waals surface area contributed by atoms with Crippen LogP contribution in [-0.4, -0.2) is 34.2 Å². The molecule has 1 heterocycles. The van der Waals surface area contributed by atoms with E-state index in [1.165, 1.54) is 5.56 Å². The second-order valence-corrected chi connectivity index (χ2v) is 9.73. The summed E-state index contributed by atoms with van der Waals surface area (Å²) in [5, 5.41) is 10.3. The molecule has 0 spiro atoms. The molecule has 1 aliphatic rings. The number of nitrogens with zero attached hydrogens (tertiary/aromatic N) is 3. The van der Waals surface area contributed by atoms with Crippen molar-refractivity contribution in [3.8, 4) is 6.07 Å². The summed E-state index contributed by atoms with van der Waals surface area (Å²) in [6.45, 7) is 7.69. The number of aliphatic imine (C=N–C) groups is 1. The highest BCUT2D eigenvalue weighted by Crippen LogP contribution is 2.32. The van der Waals surface area contributed by atoms with Crippen molar-refractivity contribution in [3.63, 3.8) is 0 Å². The number of amidine groups is 1. The third-order valence-corrected chi connectivity index (χ3v) is 7.17. The number of benzene rings is 2. The van der Waals surface area contributed by atoms with Crippen LogP contribution in [0.2, 0.25) is 0 Å². The zero-order valence-corrected chi connectivity index (χ0v) is 19.1. The molecule has 29 heavy (non-hydrogen) atoms. The minimum Gasteiger partial charge on any atom is -0.346 e. The van der Waals surface area contributed by atoms with Crippen LogP contribution >= 0.6 is 23.5 Å². The normalized spacial score (nSPS) is 17.8. The lowest BCUT2D eigenvalue weighted by molar-refractivity contribution is 0.332. The van der Waals surface area contributed by atoms with Crippen molar-refractivity contribution in [2.75, 3.05) is 18.1 Å². The first kappa shape index (κ1) is 21.8. The summed E-state index contributed by atoms with van der Waals surface area (Å²) in [7, 11) is 0. The molecule has 152 valence electrons. The summed E-state index contributed by atoms with van der Waals surface area (Å²) < 4.78 is 0. The van der Waals surface area contributed by atoms with Crippen LogP contribution in [0.1, 0.15) is 37.5 Å². The van der Waals surface area contributed by atoms with E-state index in [-0.39, 0.29) is 0 Å². The van der Waals surface area contributed by atoms with Crippen molar-refractivity contribution < 1.29 is 0 Å². The lowest BCUT2D eigenvalue weighted by Gasteiger charge is -2.27. The molecule has 3 rings (SSSR count). The maximum atomic E-state index is 9.17. The molecular formula is C24H29N3S2. The Balaban J connectivity index is 1.73. The molecule has 0 radical (unpaired) electrons. The van der Waals surface area contributed by atoms with Crippen molar-refractivity contribution >= 4 is 34.4 Å². The van der Waals surface area contributed by atoms with Crippen molar-refractivity contribution in [2.45, 2.75) is 39.0 Å². The van der Waals surface area contributed by atoms with Gasteiger partial charge in [-0.05, 0) is 41.7 Å². The van der Waals surface area contributed by atoms with Gasteiger partial charge in [-0.15, -0.1) is 0 Å². The predicted molar refractivity (Wildman–Crippen MR) is 128 cm³/mol. The van der Waals surface area contributed by atoms with Gasteiger partial charge in [0, 0.05) is 29.8 Å². The first-order valence-electron chi connectivity index (χ1n) is 10.2. The zero-order valence-electron chi connectivity index (χ0n) is 17.5. The summed E-state index contributed by atoms with van der Waals surface area (Å²) in [5.74, 6) is 3.85. The first-order chi connectivity index (χ1) is 14.1. The van der Waals surface area contributed by atoms with E-state index < -0.39 is 0 Å². The van der Waals surface area contributed by atoms with Crippen LogP contribution in [0.4, 0.5) is 5.69 Å². The third-order valence-electron chi connectivity index (χ3n) is 4.88. The van der Waals surface area contributed by atoms with Crippen LogP contribution in [0.5, 0.6) is 0 Å². The highest BCUT2D eigenvalue weighted by Gasteiger charge is 2.30. The molecule has 0 aliphatic carbocycles. The largest absolute Gasteiger partial charge is 0.346 e. The summed E-state index contributed by atoms with van der Waals surface area (Å²) in [4.78, 5) is 7.55. The molecule has 5 heteroatoms. The Labute approximate surface area is 183 Å². The highest BCUT2D eigenvalue weighted by molar-refractivity contribution is 8.14. The second kappa shape index (κ2) is 10.8. The molecule has 0 unspecified atom stereocenters. The number of rotatable bonds is 8. The van der Waals surface area contributed by atoms with Crippen LogP contribution in [0.25, 0.3) is 0 Å². The molecule has 0 bridgehead atoms. The number of nitriles is 1. The Morgan fingerprint density at radius 1 is 1.24 bits per heavy atom. The Hall–Kier alpha value is -1.90. The van der Waals surface area contributed by atoms with E-state index >= 15 is 0 Å². The van der Waals surface area contributed by atoms with Crippen LogP contribution in [0.3, 0.4) is 0 Å². The fraction of sp³-hybridized carbons (Fsp3) is 0.417. The van der Waals surface area contributed by atoms with Crippen LogP contribution < -0.4 is 0 Å². The summed E-state index contributed by atoms with van der Waals surface area (Å²) in [5.41, 5.74) is 4.24. The highest BCUT2D eigenvalue weighted by atomic mass is 32.2. The molecule has 0 aromatic heterocycles. The van der Waals surface area contributed by atoms with E-state index in [2.05, 4.69) is 62.1 Å². The number of aryl methyl sites for hydroxylation is 1. The average Bonchev–Trinajstić information content (AvgIpc) is 3.09. The van der Waals surface area contributed by atoms with E-state index in [1.807, 2.05) is 41.7 Å². The van der Waals surface area contributed by atoms with Gasteiger partial charge in [-0.3, -0.25) is 0 Å². The molecule has 1 aliphatic heterocycles. The van der Waals surface area contributed by atoms with Gasteiger partial charge in [0.05, 0.1) is 17.3 Å². The molecule has 3 nitrogen and oxygen atoms in total. The lowest BCUT2D eigenvalue weighted by Crippen LogP contribution is -2.38. The molecule has 1 saturated heterocycles. The van der Waals surface area contributed by atoms with E-state index in [1.54, 1.807) is 0 Å². The zero-order chi connectivity index (χ0) is 20.6. The molecular weight excluding hydrogens is 394 g/mol.